The van der Waals surface area contributed by atoms with Crippen LogP contribution in [0.2, 0.25) is 0 Å². The molecule has 244 valence electrons. The van der Waals surface area contributed by atoms with E-state index in [4.69, 9.17) is 4.98 Å². The first-order valence-electron chi connectivity index (χ1n) is 15.1. The number of nitrogens with one attached hydrogen (secondary N) is 2. The smallest absolute Gasteiger partial charge is 0.547 e. The second-order valence-corrected chi connectivity index (χ2v) is 13.4. The second-order valence-electron chi connectivity index (χ2n) is 10.9. The molecule has 1 heterocycles. The van der Waals surface area contributed by atoms with Gasteiger partial charge in [0.2, 0.25) is 0 Å². The van der Waals surface area contributed by atoms with E-state index in [1.807, 2.05) is 56.3 Å². The van der Waals surface area contributed by atoms with Gasteiger partial charge in [-0.3, -0.25) is 0 Å². The first kappa shape index (κ1) is 38.3. The van der Waals surface area contributed by atoms with E-state index in [2.05, 4.69) is 10.0 Å². The Morgan fingerprint density at radius 1 is 0.957 bits per heavy atom. The zero-order valence-electron chi connectivity index (χ0n) is 27.2. The molecule has 13 heteroatoms. The van der Waals surface area contributed by atoms with Crippen molar-refractivity contribution in [3.05, 3.63) is 102 Å². The van der Waals surface area contributed by atoms with Crippen LogP contribution in [0.15, 0.2) is 88.8 Å². The summed E-state index contributed by atoms with van der Waals surface area (Å²) in [6.45, 7) is 4.33. The zero-order valence-corrected chi connectivity index (χ0v) is 30.8. The van der Waals surface area contributed by atoms with Crippen molar-refractivity contribution in [1.82, 2.24) is 19.6 Å². The number of carbonyl (C=O) groups excluding carboxylic acids is 2. The number of carboxylic acids is 1. The molecule has 10 nitrogen and oxygen atoms in total. The van der Waals surface area contributed by atoms with E-state index in [1.54, 1.807) is 41.2 Å². The SMILES string of the molecule is CCCCC(O)(C(=O)[O-])c1c(SC)nc(CCC)n1Cc1ccc(-c2ccccc2S(=O)(=O)NC(=O)NCc2ccccc2)cc1.[Na+]. The minimum Gasteiger partial charge on any atom is -0.547 e. The molecular formula is C34H39N4NaO6S2. The Morgan fingerprint density at radius 2 is 1.62 bits per heavy atom. The van der Waals surface area contributed by atoms with Crippen molar-refractivity contribution < 1.29 is 57.8 Å². The molecule has 1 unspecified atom stereocenters. The summed E-state index contributed by atoms with van der Waals surface area (Å²) in [4.78, 5) is 29.5. The number of aliphatic hydroxyl groups is 1. The fraction of sp³-hybridized carbons (Fsp3) is 0.324. The third kappa shape index (κ3) is 9.27. The number of hydrogen-bond acceptors (Lipinski definition) is 8. The van der Waals surface area contributed by atoms with Crippen molar-refractivity contribution in [3.63, 3.8) is 0 Å². The van der Waals surface area contributed by atoms with Crippen molar-refractivity contribution >= 4 is 33.8 Å². The van der Waals surface area contributed by atoms with E-state index in [0.29, 0.717) is 41.2 Å². The molecule has 4 rings (SSSR count). The Bertz CT molecular complexity index is 1770. The van der Waals surface area contributed by atoms with Crippen LogP contribution < -0.4 is 44.7 Å². The number of rotatable bonds is 15. The molecule has 0 aliphatic heterocycles. The standard InChI is InChI=1S/C34H40N4O6S2.Na/c1-4-6-21-34(42,32(39)40)30-31(45-3)36-29(12-5-2)38(30)23-25-17-19-26(20-18-25)27-15-10-11-16-28(27)46(43,44)37-33(41)35-22-24-13-8-7-9-14-24;/h7-11,13-20,42H,4-6,12,21-23H2,1-3H3,(H,39,40)(H2,35,37,41);/q;+1/p-1. The molecule has 3 N–H and O–H groups in total. The molecule has 0 radical (unpaired) electrons. The third-order valence-electron chi connectivity index (χ3n) is 7.61. The number of nitrogens with zero attached hydrogens (tertiary/aromatic N) is 2. The summed E-state index contributed by atoms with van der Waals surface area (Å²) in [5.41, 5.74) is 0.642. The van der Waals surface area contributed by atoms with Crippen LogP contribution in [0.5, 0.6) is 0 Å². The minimum absolute atomic E-state index is 0. The average Bonchev–Trinajstić information content (AvgIpc) is 3.40. The normalized spacial score (nSPS) is 12.5. The molecule has 2 amide bonds. The fourth-order valence-electron chi connectivity index (χ4n) is 5.26. The third-order valence-corrected chi connectivity index (χ3v) is 9.67. The van der Waals surface area contributed by atoms with Crippen LogP contribution in [-0.4, -0.2) is 41.3 Å². The summed E-state index contributed by atoms with van der Waals surface area (Å²) in [5.74, 6) is -0.897. The Hall–Kier alpha value is -3.13. The molecule has 0 aliphatic carbocycles. The first-order valence-corrected chi connectivity index (χ1v) is 17.8. The number of sulfonamides is 1. The van der Waals surface area contributed by atoms with E-state index >= 15 is 0 Å². The number of thioether (sulfide) groups is 1. The number of benzene rings is 3. The summed E-state index contributed by atoms with van der Waals surface area (Å²) < 4.78 is 30.4. The van der Waals surface area contributed by atoms with Gasteiger partial charge in [0.05, 0.1) is 16.6 Å². The number of aromatic nitrogens is 2. The van der Waals surface area contributed by atoms with Crippen molar-refractivity contribution in [2.45, 2.75) is 74.6 Å². The van der Waals surface area contributed by atoms with Crippen LogP contribution in [0.1, 0.15) is 62.2 Å². The minimum atomic E-state index is -4.22. The van der Waals surface area contributed by atoms with E-state index in [1.165, 1.54) is 17.8 Å². The van der Waals surface area contributed by atoms with Crippen LogP contribution in [0, 0.1) is 0 Å². The Balaban J connectivity index is 0.00000600. The molecule has 47 heavy (non-hydrogen) atoms. The molecule has 1 aromatic heterocycles. The van der Waals surface area contributed by atoms with Crippen molar-refractivity contribution in [2.24, 2.45) is 0 Å². The van der Waals surface area contributed by atoms with Gasteiger partial charge in [-0.05, 0) is 41.9 Å². The second kappa shape index (κ2) is 17.3. The van der Waals surface area contributed by atoms with Gasteiger partial charge < -0.3 is 24.9 Å². The van der Waals surface area contributed by atoms with E-state index in [-0.39, 0.29) is 59.7 Å². The maximum Gasteiger partial charge on any atom is 1.00 e. The molecule has 0 saturated heterocycles. The summed E-state index contributed by atoms with van der Waals surface area (Å²) in [6.07, 6.45) is 4.34. The number of carboxylic acid groups (broad SMARTS) is 1. The fourth-order valence-corrected chi connectivity index (χ4v) is 7.08. The maximum absolute atomic E-state index is 13.3. The zero-order chi connectivity index (χ0) is 33.3. The number of aryl methyl sites for hydroxylation is 1. The van der Waals surface area contributed by atoms with Gasteiger partial charge in [-0.25, -0.2) is 22.9 Å². The Labute approximate surface area is 302 Å². The summed E-state index contributed by atoms with van der Waals surface area (Å²) >= 11 is 1.28. The van der Waals surface area contributed by atoms with Gasteiger partial charge in [-0.15, -0.1) is 11.8 Å². The summed E-state index contributed by atoms with van der Waals surface area (Å²) in [5, 5.41) is 26.8. The van der Waals surface area contributed by atoms with Gasteiger partial charge in [-0.2, -0.15) is 0 Å². The number of imidazole rings is 1. The summed E-state index contributed by atoms with van der Waals surface area (Å²) in [7, 11) is -4.22. The van der Waals surface area contributed by atoms with Gasteiger partial charge in [0, 0.05) is 25.1 Å². The number of amides is 2. The quantitative estimate of drug-likeness (QED) is 0.126. The van der Waals surface area contributed by atoms with Crippen LogP contribution in [-0.2, 0) is 39.9 Å². The molecule has 4 aromatic rings. The van der Waals surface area contributed by atoms with E-state index in [0.717, 1.165) is 17.5 Å². The van der Waals surface area contributed by atoms with Crippen molar-refractivity contribution in [2.75, 3.05) is 6.26 Å². The number of hydrogen-bond donors (Lipinski definition) is 3. The predicted octanol–water partition coefficient (Wildman–Crippen LogP) is 1.59. The van der Waals surface area contributed by atoms with Crippen LogP contribution in [0.3, 0.4) is 0 Å². The molecule has 1 atom stereocenters. The molecule has 3 aromatic carbocycles. The predicted molar refractivity (Wildman–Crippen MR) is 176 cm³/mol. The van der Waals surface area contributed by atoms with Gasteiger partial charge in [0.15, 0.2) is 0 Å². The summed E-state index contributed by atoms with van der Waals surface area (Å²) in [6, 6.07) is 21.9. The van der Waals surface area contributed by atoms with Gasteiger partial charge in [0.25, 0.3) is 10.0 Å². The molecule has 0 bridgehead atoms. The topological polar surface area (TPSA) is 153 Å². The molecule has 0 fully saturated rings. The van der Waals surface area contributed by atoms with Crippen molar-refractivity contribution in [3.8, 4) is 11.1 Å². The first-order chi connectivity index (χ1) is 22.0. The molecular weight excluding hydrogens is 648 g/mol. The van der Waals surface area contributed by atoms with Crippen LogP contribution >= 0.6 is 11.8 Å². The number of unbranched alkanes of at least 4 members (excludes halogenated alkanes) is 1. The van der Waals surface area contributed by atoms with Crippen LogP contribution in [0.25, 0.3) is 11.1 Å². The Kier molecular flexibility index (Phi) is 14.1. The maximum atomic E-state index is 13.3. The van der Waals surface area contributed by atoms with Crippen LogP contribution in [0.4, 0.5) is 4.79 Å². The average molecular weight is 687 g/mol. The number of aliphatic carboxylic acids is 1. The van der Waals surface area contributed by atoms with Gasteiger partial charge in [-0.1, -0.05) is 99.5 Å². The van der Waals surface area contributed by atoms with Gasteiger partial charge >= 0.3 is 35.6 Å². The Morgan fingerprint density at radius 3 is 2.23 bits per heavy atom. The van der Waals surface area contributed by atoms with E-state index < -0.39 is 27.6 Å². The number of carbonyl (C=O) groups is 2. The number of urea groups is 1. The molecule has 0 aliphatic rings. The molecule has 0 spiro atoms. The monoisotopic (exact) mass is 686 g/mol. The largest absolute Gasteiger partial charge is 1.00 e. The molecule has 0 saturated carbocycles. The van der Waals surface area contributed by atoms with Gasteiger partial charge in [0.1, 0.15) is 16.5 Å². The van der Waals surface area contributed by atoms with Crippen molar-refractivity contribution in [1.29, 1.82) is 0 Å². The van der Waals surface area contributed by atoms with E-state index in [9.17, 15) is 28.2 Å².